The predicted molar refractivity (Wildman–Crippen MR) is 76.2 cm³/mol. The second-order valence-corrected chi connectivity index (χ2v) is 5.33. The third-order valence-corrected chi connectivity index (χ3v) is 3.93. The molecule has 0 aromatic heterocycles. The van der Waals surface area contributed by atoms with Crippen molar-refractivity contribution < 1.29 is 4.74 Å². The van der Waals surface area contributed by atoms with Gasteiger partial charge in [-0.2, -0.15) is 11.8 Å². The van der Waals surface area contributed by atoms with Gasteiger partial charge in [0.1, 0.15) is 5.75 Å². The highest BCUT2D eigenvalue weighted by Crippen LogP contribution is 2.28. The molecule has 0 saturated carbocycles. The van der Waals surface area contributed by atoms with Crippen molar-refractivity contribution in [3.8, 4) is 5.75 Å². The van der Waals surface area contributed by atoms with E-state index in [9.17, 15) is 0 Å². The quantitative estimate of drug-likeness (QED) is 0.839. The number of benzene rings is 1. The van der Waals surface area contributed by atoms with Gasteiger partial charge in [-0.15, -0.1) is 0 Å². The molecule has 1 aromatic rings. The van der Waals surface area contributed by atoms with Crippen LogP contribution in [0.5, 0.6) is 5.75 Å². The van der Waals surface area contributed by atoms with Gasteiger partial charge in [-0.1, -0.05) is 0 Å². The molecule has 1 aliphatic heterocycles. The molecule has 1 heterocycles. The standard InChI is InChI=1S/C13H20N2OS/c1-2-16-13-10-11(4-5-12(13)14)15-6-3-8-17-9-7-15/h4-5,10H,2-3,6-9,14H2,1H3. The highest BCUT2D eigenvalue weighted by Gasteiger charge is 2.11. The molecule has 1 saturated heterocycles. The molecule has 0 aliphatic carbocycles. The molecule has 2 N–H and O–H groups in total. The summed E-state index contributed by atoms with van der Waals surface area (Å²) < 4.78 is 5.54. The molecule has 1 aliphatic rings. The first kappa shape index (κ1) is 12.4. The van der Waals surface area contributed by atoms with Gasteiger partial charge in [0.2, 0.25) is 0 Å². The molecule has 3 nitrogen and oxygen atoms in total. The molecule has 4 heteroatoms. The van der Waals surface area contributed by atoms with Crippen LogP contribution in [-0.4, -0.2) is 31.2 Å². The largest absolute Gasteiger partial charge is 0.492 e. The second-order valence-electron chi connectivity index (χ2n) is 4.11. The van der Waals surface area contributed by atoms with E-state index in [4.69, 9.17) is 10.5 Å². The second kappa shape index (κ2) is 6.05. The lowest BCUT2D eigenvalue weighted by molar-refractivity contribution is 0.342. The van der Waals surface area contributed by atoms with Crippen LogP contribution in [0.25, 0.3) is 0 Å². The number of thioether (sulfide) groups is 1. The van der Waals surface area contributed by atoms with Crippen LogP contribution in [0, 0.1) is 0 Å². The Labute approximate surface area is 107 Å². The summed E-state index contributed by atoms with van der Waals surface area (Å²) >= 11 is 2.03. The smallest absolute Gasteiger partial charge is 0.144 e. The lowest BCUT2D eigenvalue weighted by Gasteiger charge is -2.23. The monoisotopic (exact) mass is 252 g/mol. The van der Waals surface area contributed by atoms with Crippen molar-refractivity contribution in [2.24, 2.45) is 0 Å². The normalized spacial score (nSPS) is 16.6. The van der Waals surface area contributed by atoms with E-state index < -0.39 is 0 Å². The van der Waals surface area contributed by atoms with Crippen LogP contribution in [0.3, 0.4) is 0 Å². The number of nitrogen functional groups attached to an aromatic ring is 1. The van der Waals surface area contributed by atoms with Crippen LogP contribution in [0.2, 0.25) is 0 Å². The summed E-state index contributed by atoms with van der Waals surface area (Å²) in [5.41, 5.74) is 7.84. The lowest BCUT2D eigenvalue weighted by atomic mass is 10.2. The minimum atomic E-state index is 0.656. The van der Waals surface area contributed by atoms with Crippen LogP contribution < -0.4 is 15.4 Å². The van der Waals surface area contributed by atoms with E-state index in [0.29, 0.717) is 6.61 Å². The number of ether oxygens (including phenoxy) is 1. The van der Waals surface area contributed by atoms with E-state index in [1.54, 1.807) is 0 Å². The molecular formula is C13H20N2OS. The van der Waals surface area contributed by atoms with Crippen molar-refractivity contribution in [2.45, 2.75) is 13.3 Å². The van der Waals surface area contributed by atoms with Crippen LogP contribution in [0.15, 0.2) is 18.2 Å². The van der Waals surface area contributed by atoms with E-state index in [-0.39, 0.29) is 0 Å². The zero-order valence-corrected chi connectivity index (χ0v) is 11.1. The molecule has 1 aromatic carbocycles. The molecule has 2 rings (SSSR count). The molecule has 0 atom stereocenters. The Hall–Kier alpha value is -1.03. The van der Waals surface area contributed by atoms with Crippen molar-refractivity contribution in [2.75, 3.05) is 41.8 Å². The van der Waals surface area contributed by atoms with Gasteiger partial charge in [-0.3, -0.25) is 0 Å². The fraction of sp³-hybridized carbons (Fsp3) is 0.538. The number of rotatable bonds is 3. The predicted octanol–water partition coefficient (Wildman–Crippen LogP) is 2.61. The topological polar surface area (TPSA) is 38.5 Å². The van der Waals surface area contributed by atoms with Crippen molar-refractivity contribution in [1.82, 2.24) is 0 Å². The fourth-order valence-electron chi connectivity index (χ4n) is 2.00. The molecular weight excluding hydrogens is 232 g/mol. The van der Waals surface area contributed by atoms with Gasteiger partial charge in [-0.05, 0) is 31.2 Å². The van der Waals surface area contributed by atoms with Gasteiger partial charge in [0.25, 0.3) is 0 Å². The molecule has 0 radical (unpaired) electrons. The molecule has 94 valence electrons. The Balaban J connectivity index is 2.16. The number of hydrogen-bond donors (Lipinski definition) is 1. The summed E-state index contributed by atoms with van der Waals surface area (Å²) in [5, 5.41) is 0. The fourth-order valence-corrected chi connectivity index (χ4v) is 2.89. The first-order valence-electron chi connectivity index (χ1n) is 6.16. The summed E-state index contributed by atoms with van der Waals surface area (Å²) in [6.45, 7) is 4.88. The average Bonchev–Trinajstić information content (AvgIpc) is 2.61. The van der Waals surface area contributed by atoms with Crippen molar-refractivity contribution >= 4 is 23.1 Å². The number of nitrogens with two attached hydrogens (primary N) is 1. The van der Waals surface area contributed by atoms with Crippen molar-refractivity contribution in [3.63, 3.8) is 0 Å². The maximum atomic E-state index is 5.89. The van der Waals surface area contributed by atoms with Crippen LogP contribution in [0.4, 0.5) is 11.4 Å². The van der Waals surface area contributed by atoms with E-state index in [1.807, 2.05) is 24.8 Å². The summed E-state index contributed by atoms with van der Waals surface area (Å²) in [6.07, 6.45) is 1.25. The lowest BCUT2D eigenvalue weighted by Crippen LogP contribution is -2.25. The highest BCUT2D eigenvalue weighted by molar-refractivity contribution is 7.99. The van der Waals surface area contributed by atoms with Crippen LogP contribution in [0.1, 0.15) is 13.3 Å². The van der Waals surface area contributed by atoms with Crippen molar-refractivity contribution in [3.05, 3.63) is 18.2 Å². The molecule has 1 fully saturated rings. The zero-order chi connectivity index (χ0) is 12.1. The first-order valence-corrected chi connectivity index (χ1v) is 7.31. The Bertz CT molecular complexity index is 362. The van der Waals surface area contributed by atoms with E-state index in [2.05, 4.69) is 17.0 Å². The Kier molecular flexibility index (Phi) is 4.42. The van der Waals surface area contributed by atoms with Gasteiger partial charge in [0, 0.05) is 30.6 Å². The van der Waals surface area contributed by atoms with Gasteiger partial charge >= 0.3 is 0 Å². The molecule has 0 spiro atoms. The summed E-state index contributed by atoms with van der Waals surface area (Å²) in [5.74, 6) is 3.28. The van der Waals surface area contributed by atoms with E-state index >= 15 is 0 Å². The van der Waals surface area contributed by atoms with Gasteiger partial charge in [-0.25, -0.2) is 0 Å². The van der Waals surface area contributed by atoms with Gasteiger partial charge in [0.15, 0.2) is 0 Å². The van der Waals surface area contributed by atoms with Crippen LogP contribution >= 0.6 is 11.8 Å². The summed E-state index contributed by atoms with van der Waals surface area (Å²) in [4.78, 5) is 2.42. The Morgan fingerprint density at radius 3 is 3.06 bits per heavy atom. The molecule has 0 amide bonds. The summed E-state index contributed by atoms with van der Waals surface area (Å²) in [7, 11) is 0. The minimum Gasteiger partial charge on any atom is -0.492 e. The number of anilines is 2. The van der Waals surface area contributed by atoms with Crippen LogP contribution in [-0.2, 0) is 0 Å². The third-order valence-electron chi connectivity index (χ3n) is 2.88. The van der Waals surface area contributed by atoms with Gasteiger partial charge < -0.3 is 15.4 Å². The van der Waals surface area contributed by atoms with E-state index in [0.717, 1.165) is 24.5 Å². The molecule has 0 bridgehead atoms. The van der Waals surface area contributed by atoms with Gasteiger partial charge in [0.05, 0.1) is 12.3 Å². The SMILES string of the molecule is CCOc1cc(N2CCCSCC2)ccc1N. The highest BCUT2D eigenvalue weighted by atomic mass is 32.2. The number of hydrogen-bond acceptors (Lipinski definition) is 4. The number of nitrogens with zero attached hydrogens (tertiary/aromatic N) is 1. The average molecular weight is 252 g/mol. The third kappa shape index (κ3) is 3.22. The van der Waals surface area contributed by atoms with E-state index in [1.165, 1.54) is 23.6 Å². The zero-order valence-electron chi connectivity index (χ0n) is 10.3. The minimum absolute atomic E-state index is 0.656. The molecule has 17 heavy (non-hydrogen) atoms. The summed E-state index contributed by atoms with van der Waals surface area (Å²) in [6, 6.07) is 6.10. The Morgan fingerprint density at radius 2 is 2.24 bits per heavy atom. The van der Waals surface area contributed by atoms with Crippen molar-refractivity contribution in [1.29, 1.82) is 0 Å². The molecule has 0 unspecified atom stereocenters. The maximum absolute atomic E-state index is 5.89. The maximum Gasteiger partial charge on any atom is 0.144 e. The Morgan fingerprint density at radius 1 is 1.35 bits per heavy atom. The first-order chi connectivity index (χ1) is 8.31.